The Kier molecular flexibility index (Phi) is 4.29. The molecule has 1 N–H and O–H groups in total. The monoisotopic (exact) mass is 347 g/mol. The van der Waals surface area contributed by atoms with Gasteiger partial charge in [0.15, 0.2) is 0 Å². The molecule has 132 valence electrons. The largest absolute Gasteiger partial charge is 0.416 e. The van der Waals surface area contributed by atoms with E-state index in [1.807, 2.05) is 0 Å². The van der Waals surface area contributed by atoms with Gasteiger partial charge in [-0.05, 0) is 48.1 Å². The number of nitrogens with one attached hydrogen (secondary N) is 1. The summed E-state index contributed by atoms with van der Waals surface area (Å²) in [5.41, 5.74) is 2.69. The van der Waals surface area contributed by atoms with Crippen LogP contribution in [0, 0.1) is 0 Å². The van der Waals surface area contributed by atoms with Crippen molar-refractivity contribution in [2.45, 2.75) is 43.7 Å². The van der Waals surface area contributed by atoms with E-state index in [0.29, 0.717) is 12.1 Å². The Morgan fingerprint density at radius 2 is 1.52 bits per heavy atom. The SMILES string of the molecule is FC(F)(F)c1ccc(CCc2ccc([C@H]3O[C@@H]4CN[C@H]3C4)cc2)cc1. The highest BCUT2D eigenvalue weighted by atomic mass is 19.4. The molecule has 2 aliphatic rings. The van der Waals surface area contributed by atoms with Crippen LogP contribution in [0.15, 0.2) is 48.5 Å². The van der Waals surface area contributed by atoms with Gasteiger partial charge in [-0.25, -0.2) is 0 Å². The van der Waals surface area contributed by atoms with Gasteiger partial charge in [-0.2, -0.15) is 13.2 Å². The smallest absolute Gasteiger partial charge is 0.367 e. The Morgan fingerprint density at radius 3 is 2.00 bits per heavy atom. The molecule has 2 heterocycles. The van der Waals surface area contributed by atoms with Crippen molar-refractivity contribution >= 4 is 0 Å². The van der Waals surface area contributed by atoms with E-state index in [0.717, 1.165) is 43.5 Å². The van der Waals surface area contributed by atoms with Crippen LogP contribution < -0.4 is 5.32 Å². The van der Waals surface area contributed by atoms with E-state index in [2.05, 4.69) is 29.6 Å². The second kappa shape index (κ2) is 6.46. The molecule has 2 aromatic rings. The molecule has 0 saturated carbocycles. The minimum Gasteiger partial charge on any atom is -0.367 e. The van der Waals surface area contributed by atoms with Gasteiger partial charge < -0.3 is 10.1 Å². The number of rotatable bonds is 4. The molecule has 2 aliphatic heterocycles. The molecule has 0 radical (unpaired) electrons. The molecule has 0 amide bonds. The van der Waals surface area contributed by atoms with E-state index in [-0.39, 0.29) is 6.10 Å². The summed E-state index contributed by atoms with van der Waals surface area (Å²) in [6, 6.07) is 14.2. The van der Waals surface area contributed by atoms with Crippen molar-refractivity contribution < 1.29 is 17.9 Å². The van der Waals surface area contributed by atoms with Gasteiger partial charge in [0.1, 0.15) is 0 Å². The van der Waals surface area contributed by atoms with Gasteiger partial charge in [-0.3, -0.25) is 0 Å². The molecule has 0 spiro atoms. The normalized spacial score (nSPS) is 25.5. The summed E-state index contributed by atoms with van der Waals surface area (Å²) in [6.45, 7) is 0.951. The highest BCUT2D eigenvalue weighted by Gasteiger charge is 2.41. The third-order valence-corrected chi connectivity index (χ3v) is 5.12. The summed E-state index contributed by atoms with van der Waals surface area (Å²) >= 11 is 0. The van der Waals surface area contributed by atoms with E-state index < -0.39 is 11.7 Å². The summed E-state index contributed by atoms with van der Waals surface area (Å²) < 4.78 is 43.7. The molecule has 2 aromatic carbocycles. The molecule has 2 nitrogen and oxygen atoms in total. The maximum Gasteiger partial charge on any atom is 0.416 e. The average molecular weight is 347 g/mol. The number of aryl methyl sites for hydroxylation is 2. The second-order valence-electron chi connectivity index (χ2n) is 6.87. The maximum absolute atomic E-state index is 12.6. The number of benzene rings is 2. The Morgan fingerprint density at radius 1 is 0.920 bits per heavy atom. The molecule has 3 atom stereocenters. The zero-order valence-corrected chi connectivity index (χ0v) is 13.7. The Bertz CT molecular complexity index is 724. The minimum atomic E-state index is -4.27. The molecule has 0 aromatic heterocycles. The Hall–Kier alpha value is -1.85. The third kappa shape index (κ3) is 3.58. The lowest BCUT2D eigenvalue weighted by atomic mass is 9.99. The summed E-state index contributed by atoms with van der Waals surface area (Å²) in [5, 5.41) is 3.48. The maximum atomic E-state index is 12.6. The molecular formula is C20H20F3NO. The van der Waals surface area contributed by atoms with E-state index in [1.165, 1.54) is 11.1 Å². The van der Waals surface area contributed by atoms with Crippen molar-refractivity contribution in [3.8, 4) is 0 Å². The zero-order chi connectivity index (χ0) is 17.4. The Labute approximate surface area is 145 Å². The van der Waals surface area contributed by atoms with Crippen LogP contribution in [-0.2, 0) is 23.8 Å². The van der Waals surface area contributed by atoms with Crippen LogP contribution in [0.25, 0.3) is 0 Å². The summed E-state index contributed by atoms with van der Waals surface area (Å²) in [4.78, 5) is 0. The van der Waals surface area contributed by atoms with Gasteiger partial charge in [0.2, 0.25) is 0 Å². The van der Waals surface area contributed by atoms with Crippen LogP contribution in [0.2, 0.25) is 0 Å². The number of halogens is 3. The molecule has 25 heavy (non-hydrogen) atoms. The first kappa shape index (κ1) is 16.6. The van der Waals surface area contributed by atoms with Gasteiger partial charge in [0.25, 0.3) is 0 Å². The van der Waals surface area contributed by atoms with Crippen LogP contribution in [-0.4, -0.2) is 18.7 Å². The predicted octanol–water partition coefficient (Wildman–Crippen LogP) is 4.29. The highest BCUT2D eigenvalue weighted by Crippen LogP contribution is 2.36. The molecule has 2 saturated heterocycles. The van der Waals surface area contributed by atoms with Crippen molar-refractivity contribution in [2.24, 2.45) is 0 Å². The topological polar surface area (TPSA) is 21.3 Å². The average Bonchev–Trinajstić information content (AvgIpc) is 3.23. The first-order chi connectivity index (χ1) is 12.0. The summed E-state index contributed by atoms with van der Waals surface area (Å²) in [7, 11) is 0. The van der Waals surface area contributed by atoms with Crippen molar-refractivity contribution in [1.29, 1.82) is 0 Å². The van der Waals surface area contributed by atoms with Crippen LogP contribution in [0.3, 0.4) is 0 Å². The summed E-state index contributed by atoms with van der Waals surface area (Å²) in [6.07, 6.45) is -1.17. The van der Waals surface area contributed by atoms with Crippen LogP contribution in [0.1, 0.15) is 34.8 Å². The van der Waals surface area contributed by atoms with E-state index in [9.17, 15) is 13.2 Å². The first-order valence-electron chi connectivity index (χ1n) is 8.63. The molecular weight excluding hydrogens is 327 g/mol. The van der Waals surface area contributed by atoms with Crippen LogP contribution in [0.5, 0.6) is 0 Å². The lowest BCUT2D eigenvalue weighted by Crippen LogP contribution is -2.33. The molecule has 4 rings (SSSR count). The van der Waals surface area contributed by atoms with Crippen LogP contribution >= 0.6 is 0 Å². The standard InChI is InChI=1S/C20H20F3NO/c21-20(22,23)16-9-5-14(6-10-16)2-1-13-3-7-15(8-4-13)19-18-11-17(25-19)12-24-18/h3-10,17-19,24H,1-2,11-12H2/t17-,18-,19+/m0/s1. The number of fused-ring (bicyclic) bond motifs is 2. The van der Waals surface area contributed by atoms with Crippen molar-refractivity contribution in [3.05, 3.63) is 70.8 Å². The number of ether oxygens (including phenoxy) is 1. The number of alkyl halides is 3. The third-order valence-electron chi connectivity index (χ3n) is 5.12. The van der Waals surface area contributed by atoms with Gasteiger partial charge in [-0.15, -0.1) is 0 Å². The molecule has 0 aliphatic carbocycles. The molecule has 5 heteroatoms. The van der Waals surface area contributed by atoms with Crippen LogP contribution in [0.4, 0.5) is 13.2 Å². The van der Waals surface area contributed by atoms with Gasteiger partial charge in [0.05, 0.1) is 17.8 Å². The Balaban J connectivity index is 1.35. The molecule has 0 unspecified atom stereocenters. The minimum absolute atomic E-state index is 0.141. The van der Waals surface area contributed by atoms with Crippen molar-refractivity contribution in [3.63, 3.8) is 0 Å². The number of hydrogen-bond acceptors (Lipinski definition) is 2. The fourth-order valence-electron chi connectivity index (χ4n) is 3.70. The van der Waals surface area contributed by atoms with E-state index >= 15 is 0 Å². The second-order valence-corrected chi connectivity index (χ2v) is 6.87. The molecule has 2 bridgehead atoms. The van der Waals surface area contributed by atoms with Gasteiger partial charge >= 0.3 is 6.18 Å². The fourth-order valence-corrected chi connectivity index (χ4v) is 3.70. The number of morpholine rings is 1. The van der Waals surface area contributed by atoms with Gasteiger partial charge in [-0.1, -0.05) is 36.4 Å². The lowest BCUT2D eigenvalue weighted by Gasteiger charge is -2.23. The fraction of sp³-hybridized carbons (Fsp3) is 0.400. The van der Waals surface area contributed by atoms with E-state index in [1.54, 1.807) is 12.1 Å². The lowest BCUT2D eigenvalue weighted by molar-refractivity contribution is -0.137. The number of hydrogen-bond donors (Lipinski definition) is 1. The van der Waals surface area contributed by atoms with Gasteiger partial charge in [0, 0.05) is 12.6 Å². The van der Waals surface area contributed by atoms with E-state index in [4.69, 9.17) is 4.74 Å². The molecule has 2 fully saturated rings. The predicted molar refractivity (Wildman–Crippen MR) is 89.3 cm³/mol. The zero-order valence-electron chi connectivity index (χ0n) is 13.7. The van der Waals surface area contributed by atoms with Crippen molar-refractivity contribution in [1.82, 2.24) is 5.32 Å². The highest BCUT2D eigenvalue weighted by molar-refractivity contribution is 5.29. The van der Waals surface area contributed by atoms with Crippen molar-refractivity contribution in [2.75, 3.05) is 6.54 Å². The quantitative estimate of drug-likeness (QED) is 0.891. The first-order valence-corrected chi connectivity index (χ1v) is 8.63. The summed E-state index contributed by atoms with van der Waals surface area (Å²) in [5.74, 6) is 0.